The quantitative estimate of drug-likeness (QED) is 0.824. The summed E-state index contributed by atoms with van der Waals surface area (Å²) in [7, 11) is -3.59. The minimum Gasteiger partial charge on any atom is -0.316 e. The Hall–Kier alpha value is -0.910. The second kappa shape index (κ2) is 5.16. The molecular formula is C12H17NO3S. The van der Waals surface area contributed by atoms with Crippen LogP contribution in [0.5, 0.6) is 0 Å². The number of hydrogen-bond acceptors (Lipinski definition) is 4. The molecule has 0 saturated carbocycles. The van der Waals surface area contributed by atoms with E-state index >= 15 is 0 Å². The van der Waals surface area contributed by atoms with E-state index in [1.165, 1.54) is 0 Å². The van der Waals surface area contributed by atoms with Crippen molar-refractivity contribution in [1.29, 1.82) is 0 Å². The molecule has 1 aromatic rings. The average Bonchev–Trinajstić information content (AvgIpc) is 2.80. The van der Waals surface area contributed by atoms with Gasteiger partial charge in [0.25, 0.3) is 10.1 Å². The van der Waals surface area contributed by atoms with Crippen LogP contribution in [0.1, 0.15) is 12.0 Å². The van der Waals surface area contributed by atoms with Gasteiger partial charge in [0.05, 0.1) is 11.5 Å². The molecule has 0 unspecified atom stereocenters. The first-order chi connectivity index (χ1) is 8.08. The fraction of sp³-hybridized carbons (Fsp3) is 0.500. The largest absolute Gasteiger partial charge is 0.316 e. The SMILES string of the molecule is Cc1ccc(S(=O)(=O)OC[C@@H]2CCNC2)cc1. The molecule has 0 amide bonds. The Kier molecular flexibility index (Phi) is 3.81. The summed E-state index contributed by atoms with van der Waals surface area (Å²) < 4.78 is 28.8. The van der Waals surface area contributed by atoms with E-state index in [0.29, 0.717) is 5.92 Å². The maximum Gasteiger partial charge on any atom is 0.296 e. The maximum absolute atomic E-state index is 11.9. The first-order valence-electron chi connectivity index (χ1n) is 5.75. The molecule has 1 fully saturated rings. The van der Waals surface area contributed by atoms with Crippen molar-refractivity contribution >= 4 is 10.1 Å². The Morgan fingerprint density at radius 2 is 2.06 bits per heavy atom. The van der Waals surface area contributed by atoms with Crippen LogP contribution in [0.4, 0.5) is 0 Å². The Bertz CT molecular complexity index is 461. The number of benzene rings is 1. The molecule has 0 bridgehead atoms. The molecule has 1 atom stereocenters. The van der Waals surface area contributed by atoms with Crippen LogP contribution < -0.4 is 5.32 Å². The zero-order valence-electron chi connectivity index (χ0n) is 9.85. The molecule has 1 aromatic carbocycles. The predicted molar refractivity (Wildman–Crippen MR) is 65.3 cm³/mol. The van der Waals surface area contributed by atoms with Crippen LogP contribution in [0.3, 0.4) is 0 Å². The molecule has 0 aliphatic carbocycles. The molecule has 0 aromatic heterocycles. The monoisotopic (exact) mass is 255 g/mol. The predicted octanol–water partition coefficient (Wildman–Crippen LogP) is 1.31. The molecule has 5 heteroatoms. The lowest BCUT2D eigenvalue weighted by atomic mass is 10.1. The van der Waals surface area contributed by atoms with Gasteiger partial charge in [0, 0.05) is 6.54 Å². The number of nitrogens with one attached hydrogen (secondary N) is 1. The van der Waals surface area contributed by atoms with E-state index in [2.05, 4.69) is 5.32 Å². The van der Waals surface area contributed by atoms with Gasteiger partial charge in [0.2, 0.25) is 0 Å². The van der Waals surface area contributed by atoms with E-state index in [1.54, 1.807) is 24.3 Å². The van der Waals surface area contributed by atoms with Crippen LogP contribution in [-0.2, 0) is 14.3 Å². The van der Waals surface area contributed by atoms with Crippen LogP contribution >= 0.6 is 0 Å². The Morgan fingerprint density at radius 3 is 2.65 bits per heavy atom. The van der Waals surface area contributed by atoms with Crippen molar-refractivity contribution in [2.75, 3.05) is 19.7 Å². The van der Waals surface area contributed by atoms with Crippen molar-refractivity contribution < 1.29 is 12.6 Å². The normalized spacial score (nSPS) is 20.6. The molecule has 0 spiro atoms. The highest BCUT2D eigenvalue weighted by molar-refractivity contribution is 7.86. The molecule has 1 aliphatic rings. The van der Waals surface area contributed by atoms with Crippen molar-refractivity contribution in [1.82, 2.24) is 5.32 Å². The number of hydrogen-bond donors (Lipinski definition) is 1. The van der Waals surface area contributed by atoms with Crippen molar-refractivity contribution in [2.45, 2.75) is 18.2 Å². The first-order valence-corrected chi connectivity index (χ1v) is 7.15. The fourth-order valence-corrected chi connectivity index (χ4v) is 2.79. The lowest BCUT2D eigenvalue weighted by molar-refractivity contribution is 0.264. The van der Waals surface area contributed by atoms with E-state index in [0.717, 1.165) is 25.1 Å². The van der Waals surface area contributed by atoms with E-state index < -0.39 is 10.1 Å². The van der Waals surface area contributed by atoms with Crippen molar-refractivity contribution in [3.05, 3.63) is 29.8 Å². The van der Waals surface area contributed by atoms with Gasteiger partial charge in [-0.1, -0.05) is 17.7 Å². The molecule has 1 saturated heterocycles. The summed E-state index contributed by atoms with van der Waals surface area (Å²) in [5.74, 6) is 0.301. The molecule has 1 heterocycles. The van der Waals surface area contributed by atoms with Gasteiger partial charge in [0.1, 0.15) is 0 Å². The van der Waals surface area contributed by atoms with Gasteiger partial charge in [-0.3, -0.25) is 4.18 Å². The van der Waals surface area contributed by atoms with Gasteiger partial charge in [0.15, 0.2) is 0 Å². The lowest BCUT2D eigenvalue weighted by Gasteiger charge is -2.09. The van der Waals surface area contributed by atoms with E-state index in [1.807, 2.05) is 6.92 Å². The topological polar surface area (TPSA) is 55.4 Å². The van der Waals surface area contributed by atoms with Crippen LogP contribution in [0.25, 0.3) is 0 Å². The lowest BCUT2D eigenvalue weighted by Crippen LogP contribution is -2.17. The molecule has 17 heavy (non-hydrogen) atoms. The van der Waals surface area contributed by atoms with E-state index in [-0.39, 0.29) is 11.5 Å². The van der Waals surface area contributed by atoms with Gasteiger partial charge >= 0.3 is 0 Å². The number of aryl methyl sites for hydroxylation is 1. The molecule has 1 N–H and O–H groups in total. The standard InChI is InChI=1S/C12H17NO3S/c1-10-2-4-12(5-3-10)17(14,15)16-9-11-6-7-13-8-11/h2-5,11,13H,6-9H2,1H3/t11-/m1/s1. The summed E-state index contributed by atoms with van der Waals surface area (Å²) in [5.41, 5.74) is 1.03. The maximum atomic E-state index is 11.9. The third kappa shape index (κ3) is 3.28. The third-order valence-corrected chi connectivity index (χ3v) is 4.23. The van der Waals surface area contributed by atoms with Crippen LogP contribution in [0.2, 0.25) is 0 Å². The summed E-state index contributed by atoms with van der Waals surface area (Å²) in [6, 6.07) is 6.70. The summed E-state index contributed by atoms with van der Waals surface area (Å²) >= 11 is 0. The average molecular weight is 255 g/mol. The second-order valence-corrected chi connectivity index (χ2v) is 6.03. The minimum absolute atomic E-state index is 0.231. The highest BCUT2D eigenvalue weighted by Gasteiger charge is 2.20. The third-order valence-electron chi connectivity index (χ3n) is 2.93. The molecule has 0 radical (unpaired) electrons. The van der Waals surface area contributed by atoms with Crippen molar-refractivity contribution in [2.24, 2.45) is 5.92 Å². The minimum atomic E-state index is -3.59. The van der Waals surface area contributed by atoms with E-state index in [4.69, 9.17) is 4.18 Å². The molecule has 1 aliphatic heterocycles. The van der Waals surface area contributed by atoms with Gasteiger partial charge in [-0.25, -0.2) is 0 Å². The number of rotatable bonds is 4. The van der Waals surface area contributed by atoms with Gasteiger partial charge < -0.3 is 5.32 Å². The van der Waals surface area contributed by atoms with Crippen LogP contribution in [0, 0.1) is 12.8 Å². The molecule has 94 valence electrons. The van der Waals surface area contributed by atoms with Crippen molar-refractivity contribution in [3.63, 3.8) is 0 Å². The fourth-order valence-electron chi connectivity index (χ4n) is 1.82. The Morgan fingerprint density at radius 1 is 1.35 bits per heavy atom. The van der Waals surface area contributed by atoms with E-state index in [9.17, 15) is 8.42 Å². The molecule has 2 rings (SSSR count). The van der Waals surface area contributed by atoms with Crippen LogP contribution in [-0.4, -0.2) is 28.1 Å². The molecule has 4 nitrogen and oxygen atoms in total. The summed E-state index contributed by atoms with van der Waals surface area (Å²) in [4.78, 5) is 0.231. The Balaban J connectivity index is 2.00. The van der Waals surface area contributed by atoms with Crippen LogP contribution in [0.15, 0.2) is 29.2 Å². The summed E-state index contributed by atoms with van der Waals surface area (Å²) in [5, 5.41) is 3.18. The highest BCUT2D eigenvalue weighted by atomic mass is 32.2. The first kappa shape index (κ1) is 12.5. The van der Waals surface area contributed by atoms with Gasteiger partial charge in [-0.15, -0.1) is 0 Å². The zero-order valence-corrected chi connectivity index (χ0v) is 10.7. The Labute approximate surface area is 102 Å². The highest BCUT2D eigenvalue weighted by Crippen LogP contribution is 2.16. The summed E-state index contributed by atoms with van der Waals surface area (Å²) in [6.45, 7) is 3.96. The van der Waals surface area contributed by atoms with Crippen molar-refractivity contribution in [3.8, 4) is 0 Å². The zero-order chi connectivity index (χ0) is 12.3. The second-order valence-electron chi connectivity index (χ2n) is 4.41. The molecular weight excluding hydrogens is 238 g/mol. The summed E-state index contributed by atoms with van der Waals surface area (Å²) in [6.07, 6.45) is 0.976. The van der Waals surface area contributed by atoms with Gasteiger partial charge in [-0.2, -0.15) is 8.42 Å². The smallest absolute Gasteiger partial charge is 0.296 e. The van der Waals surface area contributed by atoms with Gasteiger partial charge in [-0.05, 0) is 37.9 Å².